The summed E-state index contributed by atoms with van der Waals surface area (Å²) >= 11 is 1.68. The van der Waals surface area contributed by atoms with Crippen LogP contribution in [0, 0.1) is 6.92 Å². The second-order valence-corrected chi connectivity index (χ2v) is 6.01. The van der Waals surface area contributed by atoms with Gasteiger partial charge in [0, 0.05) is 19.2 Å². The minimum absolute atomic E-state index is 0.248. The molecule has 0 spiro atoms. The van der Waals surface area contributed by atoms with Crippen LogP contribution in [0.1, 0.15) is 31.2 Å². The maximum Gasteiger partial charge on any atom is 0.141 e. The van der Waals surface area contributed by atoms with Crippen molar-refractivity contribution in [2.45, 2.75) is 38.6 Å². The van der Waals surface area contributed by atoms with Crippen LogP contribution in [-0.4, -0.2) is 34.3 Å². The quantitative estimate of drug-likeness (QED) is 0.937. The lowest BCUT2D eigenvalue weighted by Crippen LogP contribution is -2.40. The van der Waals surface area contributed by atoms with Gasteiger partial charge in [0.15, 0.2) is 0 Å². The Balaban J connectivity index is 2.04. The molecule has 5 heteroatoms. The first-order chi connectivity index (χ1) is 9.31. The first kappa shape index (κ1) is 12.8. The van der Waals surface area contributed by atoms with Gasteiger partial charge in [-0.2, -0.15) is 0 Å². The summed E-state index contributed by atoms with van der Waals surface area (Å²) < 4.78 is 0. The Morgan fingerprint density at radius 3 is 3.16 bits per heavy atom. The van der Waals surface area contributed by atoms with Gasteiger partial charge in [-0.05, 0) is 43.6 Å². The summed E-state index contributed by atoms with van der Waals surface area (Å²) in [7, 11) is 0. The maximum atomic E-state index is 9.25. The molecule has 4 nitrogen and oxygen atoms in total. The molecule has 1 saturated heterocycles. The maximum absolute atomic E-state index is 9.25. The van der Waals surface area contributed by atoms with E-state index in [2.05, 4.69) is 27.2 Å². The molecule has 2 aromatic rings. The molecule has 1 unspecified atom stereocenters. The van der Waals surface area contributed by atoms with Crippen molar-refractivity contribution in [2.24, 2.45) is 0 Å². The lowest BCUT2D eigenvalue weighted by molar-refractivity contribution is 0.262. The van der Waals surface area contributed by atoms with Gasteiger partial charge in [-0.15, -0.1) is 11.3 Å². The third kappa shape index (κ3) is 2.32. The van der Waals surface area contributed by atoms with Gasteiger partial charge in [-0.1, -0.05) is 0 Å². The number of aromatic nitrogens is 2. The minimum Gasteiger partial charge on any atom is -0.396 e. The lowest BCUT2D eigenvalue weighted by Gasteiger charge is -2.36. The molecule has 3 heterocycles. The van der Waals surface area contributed by atoms with Crippen LogP contribution >= 0.6 is 11.3 Å². The Labute approximate surface area is 117 Å². The van der Waals surface area contributed by atoms with Crippen molar-refractivity contribution in [3.63, 3.8) is 0 Å². The van der Waals surface area contributed by atoms with Crippen molar-refractivity contribution in [1.29, 1.82) is 0 Å². The van der Waals surface area contributed by atoms with Crippen molar-refractivity contribution in [3.8, 4) is 0 Å². The molecule has 0 bridgehead atoms. The summed E-state index contributed by atoms with van der Waals surface area (Å²) in [5.74, 6) is 1.06. The highest BCUT2D eigenvalue weighted by Crippen LogP contribution is 2.34. The van der Waals surface area contributed by atoms with E-state index in [1.54, 1.807) is 17.7 Å². The van der Waals surface area contributed by atoms with Gasteiger partial charge in [0.1, 0.15) is 17.0 Å². The predicted octanol–water partition coefficient (Wildman–Crippen LogP) is 2.74. The first-order valence-corrected chi connectivity index (χ1v) is 7.75. The van der Waals surface area contributed by atoms with Gasteiger partial charge in [-0.25, -0.2) is 9.97 Å². The number of rotatable bonds is 3. The largest absolute Gasteiger partial charge is 0.396 e. The van der Waals surface area contributed by atoms with E-state index < -0.39 is 0 Å². The van der Waals surface area contributed by atoms with Crippen molar-refractivity contribution < 1.29 is 5.11 Å². The summed E-state index contributed by atoms with van der Waals surface area (Å²) in [6.45, 7) is 3.40. The second-order valence-electron chi connectivity index (χ2n) is 5.15. The van der Waals surface area contributed by atoms with E-state index in [1.165, 1.54) is 23.8 Å². The zero-order valence-corrected chi connectivity index (χ0v) is 12.0. The van der Waals surface area contributed by atoms with E-state index in [-0.39, 0.29) is 6.61 Å². The smallest absolute Gasteiger partial charge is 0.141 e. The van der Waals surface area contributed by atoms with Gasteiger partial charge in [0.05, 0.1) is 5.39 Å². The average molecular weight is 277 g/mol. The molecule has 1 aliphatic heterocycles. The van der Waals surface area contributed by atoms with Crippen LogP contribution in [0.5, 0.6) is 0 Å². The normalized spacial score (nSPS) is 20.1. The standard InChI is InChI=1S/C14H19N3OS/c1-10-8-19-14-12(10)13(15-9-16-14)17-6-3-2-4-11(17)5-7-18/h8-9,11,18H,2-7H2,1H3. The van der Waals surface area contributed by atoms with Crippen LogP contribution in [0.2, 0.25) is 0 Å². The van der Waals surface area contributed by atoms with E-state index in [9.17, 15) is 5.11 Å². The van der Waals surface area contributed by atoms with E-state index in [4.69, 9.17) is 0 Å². The van der Waals surface area contributed by atoms with Crippen LogP contribution in [-0.2, 0) is 0 Å². The number of aryl methyl sites for hydroxylation is 1. The summed E-state index contributed by atoms with van der Waals surface area (Å²) in [5, 5.41) is 12.6. The van der Waals surface area contributed by atoms with Crippen LogP contribution in [0.3, 0.4) is 0 Å². The molecular weight excluding hydrogens is 258 g/mol. The molecule has 19 heavy (non-hydrogen) atoms. The molecule has 0 amide bonds. The molecule has 1 fully saturated rings. The molecule has 2 aromatic heterocycles. The third-order valence-electron chi connectivity index (χ3n) is 3.90. The number of thiophene rings is 1. The Bertz CT molecular complexity index is 567. The number of fused-ring (bicyclic) bond motifs is 1. The molecule has 1 atom stereocenters. The number of hydrogen-bond acceptors (Lipinski definition) is 5. The third-order valence-corrected chi connectivity index (χ3v) is 4.90. The molecule has 0 aromatic carbocycles. The van der Waals surface area contributed by atoms with Crippen LogP contribution < -0.4 is 4.90 Å². The van der Waals surface area contributed by atoms with Gasteiger partial charge >= 0.3 is 0 Å². The summed E-state index contributed by atoms with van der Waals surface area (Å²) in [5.41, 5.74) is 1.25. The van der Waals surface area contributed by atoms with Crippen molar-refractivity contribution in [3.05, 3.63) is 17.3 Å². The van der Waals surface area contributed by atoms with Crippen LogP contribution in [0.25, 0.3) is 10.2 Å². The van der Waals surface area contributed by atoms with Gasteiger partial charge in [0.2, 0.25) is 0 Å². The summed E-state index contributed by atoms with van der Waals surface area (Å²) in [6.07, 6.45) is 6.09. The fraction of sp³-hybridized carbons (Fsp3) is 0.571. The molecular formula is C14H19N3OS. The highest BCUT2D eigenvalue weighted by Gasteiger charge is 2.25. The number of anilines is 1. The van der Waals surface area contributed by atoms with E-state index in [1.807, 2.05) is 0 Å². The Kier molecular flexibility index (Phi) is 3.66. The van der Waals surface area contributed by atoms with Crippen molar-refractivity contribution in [2.75, 3.05) is 18.1 Å². The molecule has 102 valence electrons. The highest BCUT2D eigenvalue weighted by molar-refractivity contribution is 7.17. The molecule has 0 saturated carbocycles. The Morgan fingerprint density at radius 1 is 1.42 bits per heavy atom. The zero-order chi connectivity index (χ0) is 13.2. The Hall–Kier alpha value is -1.20. The molecule has 0 aliphatic carbocycles. The molecule has 1 aliphatic rings. The van der Waals surface area contributed by atoms with Crippen LogP contribution in [0.4, 0.5) is 5.82 Å². The fourth-order valence-corrected chi connectivity index (χ4v) is 3.83. The highest BCUT2D eigenvalue weighted by atomic mass is 32.1. The van der Waals surface area contributed by atoms with Gasteiger partial charge < -0.3 is 10.0 Å². The van der Waals surface area contributed by atoms with E-state index >= 15 is 0 Å². The van der Waals surface area contributed by atoms with E-state index in [0.717, 1.165) is 30.0 Å². The fourth-order valence-electron chi connectivity index (χ4n) is 2.94. The Morgan fingerprint density at radius 2 is 2.32 bits per heavy atom. The SMILES string of the molecule is Cc1csc2ncnc(N3CCCCC3CCO)c12. The van der Waals surface area contributed by atoms with Crippen molar-refractivity contribution in [1.82, 2.24) is 9.97 Å². The summed E-state index contributed by atoms with van der Waals surface area (Å²) in [4.78, 5) is 12.3. The number of piperidine rings is 1. The minimum atomic E-state index is 0.248. The topological polar surface area (TPSA) is 49.2 Å². The van der Waals surface area contributed by atoms with Crippen molar-refractivity contribution >= 4 is 27.4 Å². The average Bonchev–Trinajstić information content (AvgIpc) is 2.82. The van der Waals surface area contributed by atoms with E-state index in [0.29, 0.717) is 6.04 Å². The summed E-state index contributed by atoms with van der Waals surface area (Å²) in [6, 6.07) is 0.413. The van der Waals surface area contributed by atoms with Crippen LogP contribution in [0.15, 0.2) is 11.7 Å². The number of nitrogens with zero attached hydrogens (tertiary/aromatic N) is 3. The van der Waals surface area contributed by atoms with Gasteiger partial charge in [0.25, 0.3) is 0 Å². The lowest BCUT2D eigenvalue weighted by atomic mass is 9.99. The molecule has 1 N–H and O–H groups in total. The molecule has 0 radical (unpaired) electrons. The van der Waals surface area contributed by atoms with Gasteiger partial charge in [-0.3, -0.25) is 0 Å². The molecule has 3 rings (SSSR count). The first-order valence-electron chi connectivity index (χ1n) is 6.87. The number of hydrogen-bond donors (Lipinski definition) is 1. The monoisotopic (exact) mass is 277 g/mol. The predicted molar refractivity (Wildman–Crippen MR) is 78.8 cm³/mol. The zero-order valence-electron chi connectivity index (χ0n) is 11.2. The second kappa shape index (κ2) is 5.43. The number of aliphatic hydroxyl groups excluding tert-OH is 1. The number of aliphatic hydroxyl groups is 1.